The maximum Gasteiger partial charge on any atom is 0.288 e. The van der Waals surface area contributed by atoms with Crippen molar-refractivity contribution >= 4 is 0 Å². The first-order valence-electron chi connectivity index (χ1n) is 4.27. The summed E-state index contributed by atoms with van der Waals surface area (Å²) >= 11 is 0. The molecule has 0 aromatic heterocycles. The third kappa shape index (κ3) is 1.54. The van der Waals surface area contributed by atoms with Gasteiger partial charge in [0.05, 0.1) is 0 Å². The summed E-state index contributed by atoms with van der Waals surface area (Å²) in [4.78, 5) is 5.84. The predicted octanol–water partition coefficient (Wildman–Crippen LogP) is 2.13. The fourth-order valence-corrected chi connectivity index (χ4v) is 1.78. The Labute approximate surface area is 69.0 Å². The maximum absolute atomic E-state index is 7.16. The quantitative estimate of drug-likeness (QED) is 0.522. The molecule has 62 valence electrons. The van der Waals surface area contributed by atoms with Crippen LogP contribution < -0.4 is 0 Å². The standard InChI is InChI=1S/C9H16N2/c1-10-9(11(2)3)7-5-4-6-8-9/h4-8H2,2-3H3. The molecule has 0 N–H and O–H groups in total. The van der Waals surface area contributed by atoms with Crippen molar-refractivity contribution in [2.75, 3.05) is 14.1 Å². The Balaban J connectivity index is 2.67. The normalized spacial score (nSPS) is 23.1. The van der Waals surface area contributed by atoms with Crippen molar-refractivity contribution in [2.24, 2.45) is 0 Å². The molecule has 11 heavy (non-hydrogen) atoms. The molecule has 0 heterocycles. The Morgan fingerprint density at radius 3 is 2.00 bits per heavy atom. The van der Waals surface area contributed by atoms with E-state index < -0.39 is 0 Å². The van der Waals surface area contributed by atoms with Gasteiger partial charge in [-0.05, 0) is 26.9 Å². The van der Waals surface area contributed by atoms with Gasteiger partial charge in [0.25, 0.3) is 5.66 Å². The van der Waals surface area contributed by atoms with Crippen molar-refractivity contribution in [2.45, 2.75) is 37.8 Å². The summed E-state index contributed by atoms with van der Waals surface area (Å²) in [6.45, 7) is 7.16. The smallest absolute Gasteiger partial charge is 0.288 e. The summed E-state index contributed by atoms with van der Waals surface area (Å²) in [5.74, 6) is 0. The van der Waals surface area contributed by atoms with Crippen molar-refractivity contribution in [1.82, 2.24) is 4.90 Å². The molecule has 0 aliphatic heterocycles. The van der Waals surface area contributed by atoms with E-state index in [0.717, 1.165) is 12.8 Å². The molecule has 2 nitrogen and oxygen atoms in total. The van der Waals surface area contributed by atoms with Gasteiger partial charge < -0.3 is 0 Å². The second-order valence-electron chi connectivity index (χ2n) is 3.55. The van der Waals surface area contributed by atoms with Gasteiger partial charge in [0.2, 0.25) is 0 Å². The molecular weight excluding hydrogens is 136 g/mol. The van der Waals surface area contributed by atoms with Gasteiger partial charge in [-0.3, -0.25) is 4.85 Å². The van der Waals surface area contributed by atoms with Gasteiger partial charge in [-0.25, -0.2) is 11.5 Å². The van der Waals surface area contributed by atoms with Crippen molar-refractivity contribution < 1.29 is 0 Å². The lowest BCUT2D eigenvalue weighted by Crippen LogP contribution is -2.42. The van der Waals surface area contributed by atoms with E-state index in [2.05, 4.69) is 9.74 Å². The van der Waals surface area contributed by atoms with Gasteiger partial charge in [0.1, 0.15) is 0 Å². The summed E-state index contributed by atoms with van der Waals surface area (Å²) in [6, 6.07) is 0. The number of hydrogen-bond donors (Lipinski definition) is 0. The molecule has 0 aromatic rings. The van der Waals surface area contributed by atoms with Crippen LogP contribution in [0.25, 0.3) is 4.85 Å². The van der Waals surface area contributed by atoms with Crippen LogP contribution in [0.3, 0.4) is 0 Å². The van der Waals surface area contributed by atoms with Gasteiger partial charge in [-0.1, -0.05) is 6.42 Å². The molecule has 1 rings (SSSR count). The van der Waals surface area contributed by atoms with Crippen LogP contribution in [0.2, 0.25) is 0 Å². The van der Waals surface area contributed by atoms with E-state index in [0.29, 0.717) is 0 Å². The van der Waals surface area contributed by atoms with Crippen LogP contribution in [0.4, 0.5) is 0 Å². The summed E-state index contributed by atoms with van der Waals surface area (Å²) in [5.41, 5.74) is -0.155. The Morgan fingerprint density at radius 1 is 1.18 bits per heavy atom. The monoisotopic (exact) mass is 152 g/mol. The third-order valence-electron chi connectivity index (χ3n) is 2.69. The Bertz CT molecular complexity index is 161. The van der Waals surface area contributed by atoms with Crippen molar-refractivity contribution in [3.8, 4) is 0 Å². The van der Waals surface area contributed by atoms with Crippen LogP contribution in [0.15, 0.2) is 0 Å². The lowest BCUT2D eigenvalue weighted by molar-refractivity contribution is 0.148. The average molecular weight is 152 g/mol. The predicted molar refractivity (Wildman–Crippen MR) is 46.1 cm³/mol. The van der Waals surface area contributed by atoms with E-state index in [1.54, 1.807) is 0 Å². The molecule has 1 aliphatic carbocycles. The van der Waals surface area contributed by atoms with E-state index in [-0.39, 0.29) is 5.66 Å². The highest BCUT2D eigenvalue weighted by Gasteiger charge is 2.40. The van der Waals surface area contributed by atoms with Gasteiger partial charge in [0, 0.05) is 12.8 Å². The fourth-order valence-electron chi connectivity index (χ4n) is 1.78. The Morgan fingerprint density at radius 2 is 1.73 bits per heavy atom. The first-order chi connectivity index (χ1) is 5.21. The van der Waals surface area contributed by atoms with E-state index in [9.17, 15) is 0 Å². The van der Waals surface area contributed by atoms with Crippen LogP contribution in [0, 0.1) is 6.57 Å². The highest BCUT2D eigenvalue weighted by atomic mass is 15.2. The Kier molecular flexibility index (Phi) is 2.51. The SMILES string of the molecule is [C-]#[N+]C1(N(C)C)CCCCC1. The van der Waals surface area contributed by atoms with Crippen molar-refractivity contribution in [1.29, 1.82) is 0 Å². The molecule has 0 unspecified atom stereocenters. The van der Waals surface area contributed by atoms with E-state index in [1.807, 2.05) is 14.1 Å². The lowest BCUT2D eigenvalue weighted by Gasteiger charge is -2.31. The van der Waals surface area contributed by atoms with Crippen LogP contribution in [0.5, 0.6) is 0 Å². The summed E-state index contributed by atoms with van der Waals surface area (Å²) in [6.07, 6.45) is 5.87. The molecule has 0 bridgehead atoms. The molecule has 0 amide bonds. The van der Waals surface area contributed by atoms with Crippen LogP contribution in [0.1, 0.15) is 32.1 Å². The van der Waals surface area contributed by atoms with Crippen LogP contribution >= 0.6 is 0 Å². The molecule has 0 saturated heterocycles. The maximum atomic E-state index is 7.16. The average Bonchev–Trinajstić information content (AvgIpc) is 2.05. The molecular formula is C9H16N2. The molecule has 0 atom stereocenters. The minimum absolute atomic E-state index is 0.155. The van der Waals surface area contributed by atoms with Crippen LogP contribution in [-0.4, -0.2) is 24.7 Å². The largest absolute Gasteiger partial charge is 0.293 e. The topological polar surface area (TPSA) is 7.60 Å². The summed E-state index contributed by atoms with van der Waals surface area (Å²) < 4.78 is 0. The molecule has 2 heteroatoms. The molecule has 0 radical (unpaired) electrons. The lowest BCUT2D eigenvalue weighted by atomic mass is 9.89. The molecule has 0 spiro atoms. The number of hydrogen-bond acceptors (Lipinski definition) is 1. The van der Waals surface area contributed by atoms with Gasteiger partial charge in [-0.15, -0.1) is 0 Å². The zero-order chi connectivity index (χ0) is 8.32. The van der Waals surface area contributed by atoms with Crippen molar-refractivity contribution in [3.05, 3.63) is 11.4 Å². The molecule has 1 fully saturated rings. The zero-order valence-electron chi connectivity index (χ0n) is 7.43. The summed E-state index contributed by atoms with van der Waals surface area (Å²) in [7, 11) is 4.03. The first-order valence-corrected chi connectivity index (χ1v) is 4.27. The van der Waals surface area contributed by atoms with E-state index in [4.69, 9.17) is 6.57 Å². The second-order valence-corrected chi connectivity index (χ2v) is 3.55. The number of rotatable bonds is 1. The Hall–Kier alpha value is -0.550. The van der Waals surface area contributed by atoms with E-state index >= 15 is 0 Å². The molecule has 1 saturated carbocycles. The fraction of sp³-hybridized carbons (Fsp3) is 0.889. The highest BCUT2D eigenvalue weighted by Crippen LogP contribution is 2.32. The van der Waals surface area contributed by atoms with Gasteiger partial charge >= 0.3 is 0 Å². The number of nitrogens with zero attached hydrogens (tertiary/aromatic N) is 2. The first kappa shape index (κ1) is 8.55. The third-order valence-corrected chi connectivity index (χ3v) is 2.69. The van der Waals surface area contributed by atoms with E-state index in [1.165, 1.54) is 19.3 Å². The zero-order valence-corrected chi connectivity index (χ0v) is 7.43. The van der Waals surface area contributed by atoms with Crippen molar-refractivity contribution in [3.63, 3.8) is 0 Å². The van der Waals surface area contributed by atoms with Gasteiger partial charge in [0.15, 0.2) is 0 Å². The highest BCUT2D eigenvalue weighted by molar-refractivity contribution is 4.97. The van der Waals surface area contributed by atoms with Crippen LogP contribution in [-0.2, 0) is 0 Å². The second kappa shape index (κ2) is 3.23. The minimum Gasteiger partial charge on any atom is -0.293 e. The molecule has 0 aromatic carbocycles. The van der Waals surface area contributed by atoms with Gasteiger partial charge in [-0.2, -0.15) is 0 Å². The summed E-state index contributed by atoms with van der Waals surface area (Å²) in [5, 5.41) is 0. The minimum atomic E-state index is -0.155. The molecule has 1 aliphatic rings.